The van der Waals surface area contributed by atoms with Crippen molar-refractivity contribution in [1.82, 2.24) is 9.97 Å². The number of fused-ring (bicyclic) bond motifs is 6. The van der Waals surface area contributed by atoms with Crippen molar-refractivity contribution in [3.05, 3.63) is 94.8 Å². The molecule has 0 fully saturated rings. The normalized spacial score (nSPS) is 12.8. The van der Waals surface area contributed by atoms with Crippen molar-refractivity contribution < 1.29 is 30.0 Å². The molecule has 1 radical (unpaired) electrons. The van der Waals surface area contributed by atoms with E-state index in [2.05, 4.69) is 81.4 Å². The second kappa shape index (κ2) is 15.8. The smallest absolute Gasteiger partial charge is 0.162 e. The molecule has 0 aliphatic heterocycles. The number of hydrogen-bond acceptors (Lipinski definition) is 5. The Labute approximate surface area is 298 Å². The van der Waals surface area contributed by atoms with Gasteiger partial charge >= 0.3 is 0 Å². The summed E-state index contributed by atoms with van der Waals surface area (Å²) in [6.07, 6.45) is 8.79. The van der Waals surface area contributed by atoms with Gasteiger partial charge in [-0.05, 0) is 55.1 Å². The van der Waals surface area contributed by atoms with Crippen LogP contribution in [-0.4, -0.2) is 20.9 Å². The topological polar surface area (TPSA) is 63.1 Å². The minimum Gasteiger partial charge on any atom is -0.512 e. The minimum atomic E-state index is 0. The number of aromatic nitrogens is 2. The van der Waals surface area contributed by atoms with Gasteiger partial charge < -0.3 is 5.11 Å². The molecule has 4 nitrogen and oxygen atoms in total. The number of rotatable bonds is 8. The molecule has 1 N–H and O–H groups in total. The van der Waals surface area contributed by atoms with Crippen LogP contribution in [0.5, 0.6) is 0 Å². The molecule has 249 valence electrons. The van der Waals surface area contributed by atoms with Crippen LogP contribution in [0.3, 0.4) is 0 Å². The van der Waals surface area contributed by atoms with Crippen LogP contribution in [0.4, 0.5) is 0 Å². The van der Waals surface area contributed by atoms with Crippen LogP contribution < -0.4 is 0 Å². The third kappa shape index (κ3) is 7.77. The van der Waals surface area contributed by atoms with E-state index in [0.29, 0.717) is 0 Å². The first-order valence-corrected chi connectivity index (χ1v) is 17.7. The Morgan fingerprint density at radius 3 is 2.28 bits per heavy atom. The van der Waals surface area contributed by atoms with E-state index in [1.165, 1.54) is 43.3 Å². The van der Waals surface area contributed by atoms with E-state index in [-0.39, 0.29) is 48.9 Å². The predicted octanol–water partition coefficient (Wildman–Crippen LogP) is 11.2. The summed E-state index contributed by atoms with van der Waals surface area (Å²) in [4.78, 5) is 22.7. The second-order valence-corrected chi connectivity index (χ2v) is 14.5. The largest absolute Gasteiger partial charge is 0.512 e. The average molecular weight is 824 g/mol. The number of aliphatic hydroxyl groups excluding tert-OH is 1. The number of aliphatic hydroxyl groups is 1. The molecule has 6 heteroatoms. The van der Waals surface area contributed by atoms with Crippen LogP contribution in [0.15, 0.2) is 72.8 Å². The zero-order chi connectivity index (χ0) is 33.0. The van der Waals surface area contributed by atoms with Crippen LogP contribution in [0, 0.1) is 17.9 Å². The van der Waals surface area contributed by atoms with Gasteiger partial charge in [0.05, 0.1) is 11.3 Å². The van der Waals surface area contributed by atoms with E-state index in [0.717, 1.165) is 60.7 Å². The average Bonchev–Trinajstić information content (AvgIpc) is 3.45. The summed E-state index contributed by atoms with van der Waals surface area (Å²) in [6, 6.07) is 23.3. The number of carbonyl (C=O) groups is 1. The zero-order valence-corrected chi connectivity index (χ0v) is 32.0. The summed E-state index contributed by atoms with van der Waals surface area (Å²) in [5, 5.41) is 12.2. The molecule has 2 aromatic heterocycles. The van der Waals surface area contributed by atoms with Gasteiger partial charge in [-0.25, -0.2) is 4.98 Å². The number of benzene rings is 3. The van der Waals surface area contributed by atoms with Gasteiger partial charge in [0.25, 0.3) is 0 Å². The monoisotopic (exact) mass is 824 g/mol. The van der Waals surface area contributed by atoms with Crippen LogP contribution in [0.25, 0.3) is 43.4 Å². The van der Waals surface area contributed by atoms with Gasteiger partial charge in [-0.15, -0.1) is 40.5 Å². The molecule has 0 amide bonds. The Hall–Kier alpha value is -3.18. The van der Waals surface area contributed by atoms with Gasteiger partial charge in [0.2, 0.25) is 0 Å². The maximum absolute atomic E-state index is 11.7. The minimum absolute atomic E-state index is 0. The maximum atomic E-state index is 11.7. The van der Waals surface area contributed by atoms with Crippen molar-refractivity contribution in [2.45, 2.75) is 92.4 Å². The number of hydrogen-bond donors (Lipinski definition) is 1. The van der Waals surface area contributed by atoms with E-state index in [4.69, 9.17) is 9.97 Å². The summed E-state index contributed by atoms with van der Waals surface area (Å²) >= 11 is 1.86. The molecule has 47 heavy (non-hydrogen) atoms. The molecule has 0 saturated carbocycles. The van der Waals surface area contributed by atoms with Gasteiger partial charge in [0.1, 0.15) is 6.33 Å². The summed E-state index contributed by atoms with van der Waals surface area (Å²) in [7, 11) is 0. The zero-order valence-electron chi connectivity index (χ0n) is 28.7. The fraction of sp³-hybridized carbons (Fsp3) is 0.390. The van der Waals surface area contributed by atoms with Crippen molar-refractivity contribution in [2.75, 3.05) is 0 Å². The van der Waals surface area contributed by atoms with E-state index in [1.807, 2.05) is 39.0 Å². The molecule has 0 spiro atoms. The Morgan fingerprint density at radius 2 is 1.60 bits per heavy atom. The molecule has 6 rings (SSSR count). The molecule has 5 aromatic rings. The van der Waals surface area contributed by atoms with Crippen molar-refractivity contribution in [3.8, 4) is 22.4 Å². The fourth-order valence-electron chi connectivity index (χ4n) is 6.59. The van der Waals surface area contributed by atoms with Gasteiger partial charge in [-0.2, -0.15) is 0 Å². The molecule has 2 heterocycles. The SMILES string of the molecule is CC(C)(C)c1cc(-c2ncnc3c4c(sc23)CCc2ccccc2-4)[c-]c2ccccc12.CCC(CC)C(=O)/C=C(\O)C(CC)CC.[Ir]. The standard InChI is InChI=1S/C28H23N2S.C13H24O2.Ir/c1-28(2,3)22-15-19(14-18-9-5-6-10-20(18)22)25-27-26(30-16-29-25)24-21-11-7-4-8-17(21)12-13-23(24)31-27;1-5-10(6-2)12(14)9-13(15)11(7-3)8-4;/h4-11,15-16H,12-13H2,1-3H3;9-11,14H,5-8H2,1-4H3;/q-1;;/b;12-9-;. The Kier molecular flexibility index (Phi) is 12.3. The van der Waals surface area contributed by atoms with E-state index in [9.17, 15) is 9.90 Å². The van der Waals surface area contributed by atoms with Gasteiger partial charge in [0, 0.05) is 58.9 Å². The molecule has 0 unspecified atom stereocenters. The first-order valence-electron chi connectivity index (χ1n) is 16.9. The molecule has 0 bridgehead atoms. The van der Waals surface area contributed by atoms with E-state index < -0.39 is 0 Å². The van der Waals surface area contributed by atoms with Crippen LogP contribution >= 0.6 is 11.3 Å². The second-order valence-electron chi connectivity index (χ2n) is 13.3. The molecular formula is C41H47IrN2O2S-. The molecular weight excluding hydrogens is 777 g/mol. The molecule has 0 atom stereocenters. The van der Waals surface area contributed by atoms with Crippen molar-refractivity contribution in [2.24, 2.45) is 11.8 Å². The van der Waals surface area contributed by atoms with E-state index in [1.54, 1.807) is 6.33 Å². The van der Waals surface area contributed by atoms with Crippen LogP contribution in [-0.2, 0) is 43.2 Å². The molecule has 1 aliphatic rings. The number of allylic oxidation sites excluding steroid dienone is 2. The number of ketones is 1. The number of aryl methyl sites for hydroxylation is 2. The van der Waals surface area contributed by atoms with Gasteiger partial charge in [0.15, 0.2) is 5.78 Å². The van der Waals surface area contributed by atoms with Gasteiger partial charge in [-0.3, -0.25) is 9.78 Å². The van der Waals surface area contributed by atoms with Crippen LogP contribution in [0.1, 0.15) is 90.2 Å². The summed E-state index contributed by atoms with van der Waals surface area (Å²) in [6.45, 7) is 14.9. The molecule has 0 saturated heterocycles. The fourth-order valence-corrected chi connectivity index (χ4v) is 7.86. The number of thiophene rings is 1. The number of nitrogens with zero attached hydrogens (tertiary/aromatic N) is 2. The maximum Gasteiger partial charge on any atom is 0.162 e. The molecule has 3 aromatic carbocycles. The summed E-state index contributed by atoms with van der Waals surface area (Å²) in [5.41, 5.74) is 8.55. The summed E-state index contributed by atoms with van der Waals surface area (Å²) < 4.78 is 1.18. The predicted molar refractivity (Wildman–Crippen MR) is 195 cm³/mol. The third-order valence-electron chi connectivity index (χ3n) is 9.37. The van der Waals surface area contributed by atoms with E-state index >= 15 is 0 Å². The van der Waals surface area contributed by atoms with Gasteiger partial charge in [-0.1, -0.05) is 102 Å². The molecule has 1 aliphatic carbocycles. The van der Waals surface area contributed by atoms with Crippen molar-refractivity contribution in [1.29, 1.82) is 0 Å². The Bertz CT molecular complexity index is 1880. The first-order chi connectivity index (χ1) is 22.1. The summed E-state index contributed by atoms with van der Waals surface area (Å²) in [5.74, 6) is 0.547. The number of carbonyl (C=O) groups excluding carboxylic acids is 1. The third-order valence-corrected chi connectivity index (χ3v) is 10.6. The quantitative estimate of drug-likeness (QED) is 0.0962. The Balaban J connectivity index is 0.000000269. The van der Waals surface area contributed by atoms with Crippen molar-refractivity contribution >= 4 is 38.1 Å². The van der Waals surface area contributed by atoms with Crippen molar-refractivity contribution in [3.63, 3.8) is 0 Å². The Morgan fingerprint density at radius 1 is 0.936 bits per heavy atom. The van der Waals surface area contributed by atoms with Crippen LogP contribution in [0.2, 0.25) is 0 Å². The first kappa shape index (κ1) is 36.7.